The molecule has 0 bridgehead atoms. The van der Waals surface area contributed by atoms with Crippen LogP contribution in [0.25, 0.3) is 6.08 Å². The molecule has 2 rings (SSSR count). The molecule has 0 aliphatic heterocycles. The fourth-order valence-electron chi connectivity index (χ4n) is 1.88. The van der Waals surface area contributed by atoms with Crippen molar-refractivity contribution >= 4 is 23.4 Å². The molecule has 0 saturated heterocycles. The van der Waals surface area contributed by atoms with E-state index in [9.17, 15) is 24.5 Å². The number of hydrogen-bond acceptors (Lipinski definition) is 5. The molecule has 0 fully saturated rings. The van der Waals surface area contributed by atoms with Crippen LogP contribution in [0.3, 0.4) is 0 Å². The Labute approximate surface area is 125 Å². The first-order valence-electron chi connectivity index (χ1n) is 6.38. The van der Waals surface area contributed by atoms with Gasteiger partial charge in [-0.05, 0) is 17.7 Å². The van der Waals surface area contributed by atoms with Crippen LogP contribution in [-0.2, 0) is 14.4 Å². The van der Waals surface area contributed by atoms with Crippen molar-refractivity contribution in [3.63, 3.8) is 0 Å². The molecule has 0 heterocycles. The minimum atomic E-state index is -1.47. The quantitative estimate of drug-likeness (QED) is 0.277. The van der Waals surface area contributed by atoms with Crippen molar-refractivity contribution < 1.29 is 19.3 Å². The minimum Gasteiger partial charge on any atom is -0.294 e. The Morgan fingerprint density at radius 2 is 1.82 bits per heavy atom. The van der Waals surface area contributed by atoms with Crippen molar-refractivity contribution in [3.8, 4) is 0 Å². The average molecular weight is 297 g/mol. The van der Waals surface area contributed by atoms with Gasteiger partial charge >= 0.3 is 0 Å². The van der Waals surface area contributed by atoms with Crippen LogP contribution >= 0.6 is 0 Å². The van der Waals surface area contributed by atoms with Crippen LogP contribution < -0.4 is 0 Å². The number of allylic oxidation sites excluding steroid dienone is 4. The summed E-state index contributed by atoms with van der Waals surface area (Å²) < 4.78 is 0. The molecule has 6 nitrogen and oxygen atoms in total. The number of benzene rings is 1. The average Bonchev–Trinajstić information content (AvgIpc) is 2.66. The first kappa shape index (κ1) is 15.2. The Morgan fingerprint density at radius 3 is 2.45 bits per heavy atom. The highest BCUT2D eigenvalue weighted by Gasteiger charge is 2.31. The van der Waals surface area contributed by atoms with Gasteiger partial charge in [0.1, 0.15) is 5.92 Å². The lowest BCUT2D eigenvalue weighted by atomic mass is 9.95. The first-order chi connectivity index (χ1) is 10.5. The number of rotatable bonds is 4. The van der Waals surface area contributed by atoms with Crippen molar-refractivity contribution in [2.45, 2.75) is 0 Å². The highest BCUT2D eigenvalue weighted by Crippen LogP contribution is 2.15. The van der Waals surface area contributed by atoms with Gasteiger partial charge in [-0.1, -0.05) is 36.4 Å². The van der Waals surface area contributed by atoms with Gasteiger partial charge in [-0.3, -0.25) is 24.5 Å². The number of Topliss-reactive ketones (excluding diaryl/α,β-unsaturated/α-hetero) is 1. The number of nitrogens with zero attached hydrogens (tertiary/aromatic N) is 1. The highest BCUT2D eigenvalue weighted by atomic mass is 16.6. The molecular weight excluding hydrogens is 286 g/mol. The van der Waals surface area contributed by atoms with Gasteiger partial charge in [0, 0.05) is 12.2 Å². The molecule has 0 aromatic heterocycles. The molecule has 0 spiro atoms. The standard InChI is InChI=1S/C16H11NO5/c18-14(8-6-11-4-2-1-3-5-11)13-10-12(17(21)22)7-9-15(19)16(13)20/h1-10,13H/b8-6+. The Bertz CT molecular complexity index is 728. The molecule has 0 amide bonds. The van der Waals surface area contributed by atoms with Gasteiger partial charge in [-0.15, -0.1) is 0 Å². The zero-order chi connectivity index (χ0) is 16.1. The van der Waals surface area contributed by atoms with Crippen molar-refractivity contribution in [3.05, 3.63) is 76.0 Å². The van der Waals surface area contributed by atoms with E-state index in [1.165, 1.54) is 6.08 Å². The van der Waals surface area contributed by atoms with Crippen LogP contribution in [0.15, 0.2) is 60.3 Å². The third-order valence-electron chi connectivity index (χ3n) is 3.03. The molecule has 110 valence electrons. The van der Waals surface area contributed by atoms with Gasteiger partial charge < -0.3 is 0 Å². The zero-order valence-electron chi connectivity index (χ0n) is 11.3. The summed E-state index contributed by atoms with van der Waals surface area (Å²) in [7, 11) is 0. The smallest absolute Gasteiger partial charge is 0.266 e. The maximum absolute atomic E-state index is 12.1. The highest BCUT2D eigenvalue weighted by molar-refractivity contribution is 6.46. The summed E-state index contributed by atoms with van der Waals surface area (Å²) in [5, 5.41) is 10.8. The van der Waals surface area contributed by atoms with Gasteiger partial charge in [0.25, 0.3) is 5.70 Å². The van der Waals surface area contributed by atoms with E-state index in [0.29, 0.717) is 0 Å². The fraction of sp³-hybridized carbons (Fsp3) is 0.0625. The number of carbonyl (C=O) groups excluding carboxylic acids is 3. The largest absolute Gasteiger partial charge is 0.294 e. The van der Waals surface area contributed by atoms with Crippen LogP contribution in [0.5, 0.6) is 0 Å². The van der Waals surface area contributed by atoms with Crippen LogP contribution in [-0.4, -0.2) is 22.3 Å². The molecule has 1 unspecified atom stereocenters. The van der Waals surface area contributed by atoms with E-state index in [2.05, 4.69) is 0 Å². The van der Waals surface area contributed by atoms with Crippen LogP contribution in [0.2, 0.25) is 0 Å². The van der Waals surface area contributed by atoms with Crippen molar-refractivity contribution in [2.24, 2.45) is 5.92 Å². The second kappa shape index (κ2) is 6.53. The summed E-state index contributed by atoms with van der Waals surface area (Å²) in [6.45, 7) is 0. The number of hydrogen-bond donors (Lipinski definition) is 0. The summed E-state index contributed by atoms with van der Waals surface area (Å²) in [6.07, 6.45) is 5.27. The van der Waals surface area contributed by atoms with Gasteiger partial charge in [0.2, 0.25) is 11.6 Å². The fourth-order valence-corrected chi connectivity index (χ4v) is 1.88. The molecule has 1 aromatic rings. The Morgan fingerprint density at radius 1 is 1.14 bits per heavy atom. The van der Waals surface area contributed by atoms with Gasteiger partial charge in [-0.2, -0.15) is 0 Å². The molecule has 0 saturated carbocycles. The Kier molecular flexibility index (Phi) is 4.53. The van der Waals surface area contributed by atoms with Crippen LogP contribution in [0.1, 0.15) is 5.56 Å². The molecule has 22 heavy (non-hydrogen) atoms. The predicted molar refractivity (Wildman–Crippen MR) is 78.2 cm³/mol. The predicted octanol–water partition coefficient (Wildman–Crippen LogP) is 1.75. The first-order valence-corrected chi connectivity index (χ1v) is 6.38. The monoisotopic (exact) mass is 297 g/mol. The van der Waals surface area contributed by atoms with E-state index < -0.39 is 33.9 Å². The van der Waals surface area contributed by atoms with Crippen LogP contribution in [0.4, 0.5) is 0 Å². The summed E-state index contributed by atoms with van der Waals surface area (Å²) in [5.41, 5.74) is 0.283. The summed E-state index contributed by atoms with van der Waals surface area (Å²) >= 11 is 0. The van der Waals surface area contributed by atoms with Gasteiger partial charge in [0.15, 0.2) is 5.78 Å². The van der Waals surface area contributed by atoms with Crippen molar-refractivity contribution in [1.82, 2.24) is 0 Å². The SMILES string of the molecule is O=C1C=CC([N+](=O)[O-])=CC(C(=O)/C=C/c2ccccc2)C1=O. The summed E-state index contributed by atoms with van der Waals surface area (Å²) in [4.78, 5) is 45.5. The van der Waals surface area contributed by atoms with Crippen molar-refractivity contribution in [2.75, 3.05) is 0 Å². The third kappa shape index (κ3) is 3.49. The van der Waals surface area contributed by atoms with E-state index in [4.69, 9.17) is 0 Å². The molecule has 0 N–H and O–H groups in total. The zero-order valence-corrected chi connectivity index (χ0v) is 11.3. The molecule has 0 radical (unpaired) electrons. The van der Waals surface area contributed by atoms with E-state index in [1.807, 2.05) is 6.07 Å². The third-order valence-corrected chi connectivity index (χ3v) is 3.03. The molecule has 6 heteroatoms. The Hall–Kier alpha value is -3.15. The van der Waals surface area contributed by atoms with E-state index in [-0.39, 0.29) is 0 Å². The van der Waals surface area contributed by atoms with E-state index in [1.54, 1.807) is 24.3 Å². The normalized spacial score (nSPS) is 18.2. The summed E-state index contributed by atoms with van der Waals surface area (Å²) in [6, 6.07) is 8.87. The molecule has 1 atom stereocenters. The lowest BCUT2D eigenvalue weighted by Crippen LogP contribution is -2.26. The number of nitro groups is 1. The van der Waals surface area contributed by atoms with Crippen LogP contribution in [0, 0.1) is 16.0 Å². The molecule has 1 aliphatic rings. The number of ketones is 3. The molecular formula is C16H11NO5. The Balaban J connectivity index is 2.28. The summed E-state index contributed by atoms with van der Waals surface area (Å²) in [5.74, 6) is -4.05. The van der Waals surface area contributed by atoms with E-state index in [0.717, 1.165) is 29.9 Å². The second-order valence-corrected chi connectivity index (χ2v) is 4.53. The second-order valence-electron chi connectivity index (χ2n) is 4.53. The number of carbonyl (C=O) groups is 3. The van der Waals surface area contributed by atoms with Crippen molar-refractivity contribution in [1.29, 1.82) is 0 Å². The minimum absolute atomic E-state index is 0.453. The lowest BCUT2D eigenvalue weighted by Gasteiger charge is -2.03. The lowest BCUT2D eigenvalue weighted by molar-refractivity contribution is -0.419. The van der Waals surface area contributed by atoms with Gasteiger partial charge in [0.05, 0.1) is 4.92 Å². The van der Waals surface area contributed by atoms with E-state index >= 15 is 0 Å². The topological polar surface area (TPSA) is 94.3 Å². The maximum Gasteiger partial charge on any atom is 0.266 e. The molecule has 1 aromatic carbocycles. The maximum atomic E-state index is 12.1. The molecule has 1 aliphatic carbocycles. The van der Waals surface area contributed by atoms with Gasteiger partial charge in [-0.25, -0.2) is 0 Å².